The quantitative estimate of drug-likeness (QED) is 0.662. The maximum Gasteiger partial charge on any atom is 0.159 e. The van der Waals surface area contributed by atoms with Crippen molar-refractivity contribution in [2.45, 2.75) is 20.8 Å². The second kappa shape index (κ2) is 13.0. The lowest BCUT2D eigenvalue weighted by atomic mass is 10.1. The Morgan fingerprint density at radius 3 is 2.22 bits per heavy atom. The number of benzene rings is 1. The van der Waals surface area contributed by atoms with E-state index < -0.39 is 0 Å². The highest BCUT2D eigenvalue weighted by Crippen LogP contribution is 2.15. The van der Waals surface area contributed by atoms with Crippen molar-refractivity contribution in [2.75, 3.05) is 12.3 Å². The highest BCUT2D eigenvalue weighted by Gasteiger charge is 1.94. The number of thioether (sulfide) groups is 1. The molecule has 3 nitrogen and oxygen atoms in total. The van der Waals surface area contributed by atoms with Gasteiger partial charge in [-0.05, 0) is 36.4 Å². The Balaban J connectivity index is -0.000000750. The minimum absolute atomic E-state index is 0. The molecule has 106 valence electrons. The van der Waals surface area contributed by atoms with Gasteiger partial charge in [-0.15, -0.1) is 24.8 Å². The van der Waals surface area contributed by atoms with Crippen LogP contribution in [0.4, 0.5) is 5.69 Å². The van der Waals surface area contributed by atoms with Crippen LogP contribution < -0.4 is 11.5 Å². The largest absolute Gasteiger partial charge is 0.378 e. The zero-order chi connectivity index (χ0) is 11.1. The van der Waals surface area contributed by atoms with Crippen LogP contribution in [0.25, 0.3) is 0 Å². The van der Waals surface area contributed by atoms with Gasteiger partial charge in [-0.2, -0.15) is 0 Å². The topological polar surface area (TPSA) is 64.4 Å². The first-order valence-corrected chi connectivity index (χ1v) is 6.00. The molecule has 0 aliphatic carbocycles. The predicted molar refractivity (Wildman–Crippen MR) is 89.8 cm³/mol. The molecule has 0 aromatic heterocycles. The van der Waals surface area contributed by atoms with E-state index in [1.54, 1.807) is 11.8 Å². The van der Waals surface area contributed by atoms with Crippen LogP contribution in [0.5, 0.6) is 0 Å². The van der Waals surface area contributed by atoms with E-state index in [1.165, 1.54) is 5.56 Å². The van der Waals surface area contributed by atoms with E-state index in [4.69, 9.17) is 11.5 Å². The van der Waals surface area contributed by atoms with Gasteiger partial charge in [0.25, 0.3) is 0 Å². The van der Waals surface area contributed by atoms with E-state index in [-0.39, 0.29) is 32.2 Å². The van der Waals surface area contributed by atoms with Crippen molar-refractivity contribution in [1.82, 2.24) is 0 Å². The lowest BCUT2D eigenvalue weighted by molar-refractivity contribution is 0.969. The van der Waals surface area contributed by atoms with Gasteiger partial charge >= 0.3 is 0 Å². The molecule has 0 unspecified atom stereocenters. The Bertz CT molecular complexity index is 329. The molecule has 1 rings (SSSR count). The maximum absolute atomic E-state index is 5.71. The molecule has 0 amide bonds. The average molecular weight is 312 g/mol. The van der Waals surface area contributed by atoms with Gasteiger partial charge in [0.15, 0.2) is 5.17 Å². The fourth-order valence-corrected chi connectivity index (χ4v) is 1.68. The molecule has 0 atom stereocenters. The first-order valence-electron chi connectivity index (χ1n) is 5.02. The van der Waals surface area contributed by atoms with Gasteiger partial charge in [0.05, 0.1) is 5.69 Å². The minimum atomic E-state index is 0. The average Bonchev–Trinajstić information content (AvgIpc) is 2.22. The van der Waals surface area contributed by atoms with Crippen molar-refractivity contribution in [3.63, 3.8) is 0 Å². The minimum Gasteiger partial charge on any atom is -0.378 e. The summed E-state index contributed by atoms with van der Waals surface area (Å²) in [5.41, 5.74) is 13.3. The second-order valence-corrected chi connectivity index (χ2v) is 4.37. The third-order valence-corrected chi connectivity index (χ3v) is 2.58. The summed E-state index contributed by atoms with van der Waals surface area (Å²) in [4.78, 5) is 4.28. The Morgan fingerprint density at radius 1 is 1.22 bits per heavy atom. The summed E-state index contributed by atoms with van der Waals surface area (Å²) >= 11 is 1.55. The van der Waals surface area contributed by atoms with Gasteiger partial charge in [0.1, 0.15) is 0 Å². The summed E-state index contributed by atoms with van der Waals surface area (Å²) in [7, 11) is 0. The van der Waals surface area contributed by atoms with Crippen LogP contribution in [0.1, 0.15) is 19.9 Å². The zero-order valence-corrected chi connectivity index (χ0v) is 12.2. The highest BCUT2D eigenvalue weighted by molar-refractivity contribution is 8.13. The van der Waals surface area contributed by atoms with Gasteiger partial charge in [-0.25, -0.2) is 4.99 Å². The lowest BCUT2D eigenvalue weighted by Gasteiger charge is -2.00. The molecule has 0 bridgehead atoms. The molecule has 18 heavy (non-hydrogen) atoms. The van der Waals surface area contributed by atoms with Crippen molar-refractivity contribution in [3.8, 4) is 0 Å². The molecule has 0 saturated heterocycles. The number of hydrogen-bond acceptors (Lipinski definition) is 3. The monoisotopic (exact) mass is 311 g/mol. The molecule has 0 aliphatic heterocycles. The Morgan fingerprint density at radius 2 is 1.78 bits per heavy atom. The van der Waals surface area contributed by atoms with E-state index in [0.29, 0.717) is 11.7 Å². The first kappa shape index (κ1) is 22.7. The SMILES string of the molecule is C.CCSC(N)=Nc1ccc(CCN)cc1.Cl.Cl. The first-order chi connectivity index (χ1) is 7.26. The van der Waals surface area contributed by atoms with Crippen LogP contribution in [0.2, 0.25) is 0 Å². The molecule has 1 aromatic rings. The number of hydrogen-bond donors (Lipinski definition) is 2. The summed E-state index contributed by atoms with van der Waals surface area (Å²) in [6.45, 7) is 2.73. The molecular weight excluding hydrogens is 289 g/mol. The van der Waals surface area contributed by atoms with Crippen LogP contribution in [0.15, 0.2) is 29.3 Å². The standard InChI is InChI=1S/C11H17N3S.CH4.2ClH/c1-2-15-11(13)14-10-5-3-9(4-6-10)7-8-12;;;/h3-6H,2,7-8,12H2,1H3,(H2,13,14);1H4;2*1H. The number of nitrogens with two attached hydrogens (primary N) is 2. The third-order valence-electron chi connectivity index (χ3n) is 1.90. The number of rotatable bonds is 4. The van der Waals surface area contributed by atoms with Gasteiger partial charge in [0.2, 0.25) is 0 Å². The normalized spacial score (nSPS) is 9.78. The second-order valence-electron chi connectivity index (χ2n) is 3.09. The summed E-state index contributed by atoms with van der Waals surface area (Å²) in [5.74, 6) is 0.945. The van der Waals surface area contributed by atoms with Gasteiger partial charge < -0.3 is 11.5 Å². The molecule has 0 fully saturated rings. The number of amidine groups is 1. The number of halogens is 2. The van der Waals surface area contributed by atoms with Crippen LogP contribution in [0, 0.1) is 0 Å². The third kappa shape index (κ3) is 8.64. The molecule has 0 aliphatic rings. The zero-order valence-electron chi connectivity index (χ0n) is 9.76. The molecular formula is C12H23Cl2N3S. The van der Waals surface area contributed by atoms with E-state index in [2.05, 4.69) is 11.9 Å². The highest BCUT2D eigenvalue weighted by atomic mass is 35.5. The molecule has 6 heteroatoms. The van der Waals surface area contributed by atoms with E-state index in [9.17, 15) is 0 Å². The number of nitrogens with zero attached hydrogens (tertiary/aromatic N) is 1. The predicted octanol–water partition coefficient (Wildman–Crippen LogP) is 3.37. The smallest absolute Gasteiger partial charge is 0.159 e. The van der Waals surface area contributed by atoms with Crippen molar-refractivity contribution in [2.24, 2.45) is 16.5 Å². The molecule has 1 aromatic carbocycles. The lowest BCUT2D eigenvalue weighted by Crippen LogP contribution is -2.05. The summed E-state index contributed by atoms with van der Waals surface area (Å²) < 4.78 is 0. The van der Waals surface area contributed by atoms with Gasteiger partial charge in [0, 0.05) is 0 Å². The summed E-state index contributed by atoms with van der Waals surface area (Å²) in [6, 6.07) is 8.01. The summed E-state index contributed by atoms with van der Waals surface area (Å²) in [6.07, 6.45) is 0.906. The van der Waals surface area contributed by atoms with Crippen molar-refractivity contribution >= 4 is 47.4 Å². The van der Waals surface area contributed by atoms with Gasteiger partial charge in [-0.3, -0.25) is 0 Å². The Hall–Kier alpha value is -0.420. The molecule has 4 N–H and O–H groups in total. The van der Waals surface area contributed by atoms with Crippen molar-refractivity contribution < 1.29 is 0 Å². The van der Waals surface area contributed by atoms with Crippen molar-refractivity contribution in [1.29, 1.82) is 0 Å². The maximum atomic E-state index is 5.71. The van der Waals surface area contributed by atoms with Gasteiger partial charge in [-0.1, -0.05) is 38.2 Å². The Kier molecular flexibility index (Phi) is 16.4. The van der Waals surface area contributed by atoms with Crippen molar-refractivity contribution in [3.05, 3.63) is 29.8 Å². The summed E-state index contributed by atoms with van der Waals surface area (Å²) in [5, 5.41) is 0.615. The van der Waals surface area contributed by atoms with Crippen LogP contribution in [-0.4, -0.2) is 17.5 Å². The van der Waals surface area contributed by atoms with E-state index in [0.717, 1.165) is 17.9 Å². The molecule has 0 radical (unpaired) electrons. The van der Waals surface area contributed by atoms with Crippen LogP contribution in [0.3, 0.4) is 0 Å². The fraction of sp³-hybridized carbons (Fsp3) is 0.417. The van der Waals surface area contributed by atoms with Crippen LogP contribution in [-0.2, 0) is 6.42 Å². The van der Waals surface area contributed by atoms with E-state index in [1.807, 2.05) is 24.3 Å². The van der Waals surface area contributed by atoms with E-state index >= 15 is 0 Å². The molecule has 0 heterocycles. The number of aliphatic imine (C=N–C) groups is 1. The fourth-order valence-electron chi connectivity index (χ4n) is 1.21. The molecule has 0 spiro atoms. The Labute approximate surface area is 127 Å². The van der Waals surface area contributed by atoms with Crippen LogP contribution >= 0.6 is 36.6 Å². The molecule has 0 saturated carbocycles.